The molecule has 2 N–H and O–H groups in total. The topological polar surface area (TPSA) is 66.8 Å². The molecule has 2 fully saturated rings. The Morgan fingerprint density at radius 2 is 1.80 bits per heavy atom. The Morgan fingerprint density at radius 1 is 1.12 bits per heavy atom. The molecule has 1 unspecified atom stereocenters. The number of phosphoric ester groups is 1. The average Bonchev–Trinajstić information content (AvgIpc) is 2.83. The van der Waals surface area contributed by atoms with Gasteiger partial charge in [-0.3, -0.25) is 4.52 Å². The van der Waals surface area contributed by atoms with E-state index in [1.165, 1.54) is 38.5 Å². The SMILES string of the molecule is CC(C)CCC[C@@H](C)[C@H]1CCC2[C@@](C)(COP(=O)(O)O)CCC[C@@]21C. The molecule has 2 aliphatic rings. The van der Waals surface area contributed by atoms with Crippen molar-refractivity contribution in [2.45, 2.75) is 86.0 Å². The molecule has 2 rings (SSSR count). The van der Waals surface area contributed by atoms with Gasteiger partial charge in [-0.25, -0.2) is 4.57 Å². The monoisotopic (exact) mass is 374 g/mol. The van der Waals surface area contributed by atoms with Crippen molar-refractivity contribution in [2.75, 3.05) is 6.61 Å². The van der Waals surface area contributed by atoms with Crippen molar-refractivity contribution in [3.63, 3.8) is 0 Å². The average molecular weight is 375 g/mol. The fraction of sp³-hybridized carbons (Fsp3) is 1.00. The molecule has 0 heterocycles. The van der Waals surface area contributed by atoms with E-state index in [2.05, 4.69) is 34.6 Å². The Labute approximate surface area is 154 Å². The van der Waals surface area contributed by atoms with Crippen LogP contribution < -0.4 is 0 Å². The Kier molecular flexibility index (Phi) is 6.85. The van der Waals surface area contributed by atoms with Crippen LogP contribution in [0.1, 0.15) is 86.0 Å². The first-order chi connectivity index (χ1) is 11.5. The van der Waals surface area contributed by atoms with Crippen LogP contribution in [0, 0.1) is 34.5 Å². The number of rotatable bonds is 8. The summed E-state index contributed by atoms with van der Waals surface area (Å²) in [5, 5.41) is 0. The lowest BCUT2D eigenvalue weighted by Crippen LogP contribution is -2.46. The van der Waals surface area contributed by atoms with E-state index in [4.69, 9.17) is 14.3 Å². The van der Waals surface area contributed by atoms with Crippen molar-refractivity contribution >= 4 is 7.82 Å². The highest BCUT2D eigenvalue weighted by Crippen LogP contribution is 2.64. The van der Waals surface area contributed by atoms with Gasteiger partial charge in [-0.2, -0.15) is 0 Å². The van der Waals surface area contributed by atoms with Gasteiger partial charge >= 0.3 is 7.82 Å². The number of hydrogen-bond acceptors (Lipinski definition) is 2. The molecule has 148 valence electrons. The van der Waals surface area contributed by atoms with Gasteiger partial charge in [0.05, 0.1) is 6.61 Å². The van der Waals surface area contributed by atoms with Crippen LogP contribution in [0.3, 0.4) is 0 Å². The van der Waals surface area contributed by atoms with Gasteiger partial charge in [-0.1, -0.05) is 60.3 Å². The smallest absolute Gasteiger partial charge is 0.303 e. The van der Waals surface area contributed by atoms with Crippen LogP contribution in [0.4, 0.5) is 0 Å². The van der Waals surface area contributed by atoms with Gasteiger partial charge in [0, 0.05) is 0 Å². The Hall–Kier alpha value is 0.110. The van der Waals surface area contributed by atoms with E-state index < -0.39 is 7.82 Å². The van der Waals surface area contributed by atoms with Crippen LogP contribution >= 0.6 is 7.82 Å². The molecule has 0 aromatic rings. The summed E-state index contributed by atoms with van der Waals surface area (Å²) in [6.45, 7) is 11.8. The second-order valence-electron chi connectivity index (χ2n) is 9.82. The van der Waals surface area contributed by atoms with Gasteiger partial charge < -0.3 is 9.79 Å². The number of phosphoric acid groups is 1. The number of hydrogen-bond donors (Lipinski definition) is 2. The summed E-state index contributed by atoms with van der Waals surface area (Å²) in [4.78, 5) is 18.3. The maximum atomic E-state index is 11.2. The first kappa shape index (κ1) is 21.4. The maximum Gasteiger partial charge on any atom is 0.469 e. The molecule has 0 bridgehead atoms. The van der Waals surface area contributed by atoms with Gasteiger partial charge in [-0.05, 0) is 60.2 Å². The van der Waals surface area contributed by atoms with Gasteiger partial charge in [0.15, 0.2) is 0 Å². The van der Waals surface area contributed by atoms with Crippen molar-refractivity contribution < 1.29 is 18.9 Å². The molecule has 5 heteroatoms. The molecule has 0 aliphatic heterocycles. The summed E-state index contributed by atoms with van der Waals surface area (Å²) in [6.07, 6.45) is 9.78. The molecule has 0 saturated heterocycles. The minimum atomic E-state index is -4.39. The van der Waals surface area contributed by atoms with E-state index >= 15 is 0 Å². The van der Waals surface area contributed by atoms with Gasteiger partial charge in [-0.15, -0.1) is 0 Å². The lowest BCUT2D eigenvalue weighted by Gasteiger charge is -2.52. The summed E-state index contributed by atoms with van der Waals surface area (Å²) in [5.74, 6) is 2.76. The number of fused-ring (bicyclic) bond motifs is 1. The third kappa shape index (κ3) is 5.09. The second-order valence-corrected chi connectivity index (χ2v) is 11.1. The highest BCUT2D eigenvalue weighted by atomic mass is 31.2. The zero-order valence-electron chi connectivity index (χ0n) is 16.8. The molecule has 0 aromatic heterocycles. The fourth-order valence-corrected chi connectivity index (χ4v) is 6.67. The Bertz CT molecular complexity index is 488. The largest absolute Gasteiger partial charge is 0.469 e. The first-order valence-electron chi connectivity index (χ1n) is 10.2. The molecule has 5 atom stereocenters. The van der Waals surface area contributed by atoms with E-state index in [1.807, 2.05) is 0 Å². The minimum absolute atomic E-state index is 0.111. The van der Waals surface area contributed by atoms with Crippen molar-refractivity contribution in [3.05, 3.63) is 0 Å². The highest BCUT2D eigenvalue weighted by Gasteiger charge is 2.56. The molecule has 0 aromatic carbocycles. The highest BCUT2D eigenvalue weighted by molar-refractivity contribution is 7.46. The van der Waals surface area contributed by atoms with E-state index in [1.54, 1.807) is 0 Å². The van der Waals surface area contributed by atoms with Crippen molar-refractivity contribution in [2.24, 2.45) is 34.5 Å². The van der Waals surface area contributed by atoms with Crippen LogP contribution in [0.5, 0.6) is 0 Å². The standard InChI is InChI=1S/C20H39O4P/c1-15(2)8-6-9-16(3)17-10-11-18-19(4,14-24-25(21,22)23)12-7-13-20(17,18)5/h15-18H,6-14H2,1-5H3,(H2,21,22,23)/t16-,17-,18?,19-,20-/m1/s1. The third-order valence-electron chi connectivity index (χ3n) is 7.40. The molecular weight excluding hydrogens is 335 g/mol. The van der Waals surface area contributed by atoms with Gasteiger partial charge in [0.1, 0.15) is 0 Å². The van der Waals surface area contributed by atoms with E-state index in [0.29, 0.717) is 11.3 Å². The molecule has 0 spiro atoms. The van der Waals surface area contributed by atoms with Crippen molar-refractivity contribution in [1.82, 2.24) is 0 Å². The first-order valence-corrected chi connectivity index (χ1v) is 11.7. The van der Waals surface area contributed by atoms with Crippen LogP contribution in [-0.4, -0.2) is 16.4 Å². The second kappa shape index (κ2) is 8.00. The zero-order chi connectivity index (χ0) is 18.9. The normalized spacial score (nSPS) is 37.3. The fourth-order valence-electron chi connectivity index (χ4n) is 6.20. The molecular formula is C20H39O4P. The third-order valence-corrected chi connectivity index (χ3v) is 7.87. The Balaban J connectivity index is 2.05. The van der Waals surface area contributed by atoms with Crippen LogP contribution in [0.2, 0.25) is 0 Å². The Morgan fingerprint density at radius 3 is 2.40 bits per heavy atom. The quantitative estimate of drug-likeness (QED) is 0.528. The van der Waals surface area contributed by atoms with Crippen LogP contribution in [-0.2, 0) is 9.09 Å². The van der Waals surface area contributed by atoms with E-state index in [-0.39, 0.29) is 12.0 Å². The predicted molar refractivity (Wildman–Crippen MR) is 102 cm³/mol. The summed E-state index contributed by atoms with van der Waals surface area (Å²) < 4.78 is 16.2. The lowest BCUT2D eigenvalue weighted by atomic mass is 9.54. The summed E-state index contributed by atoms with van der Waals surface area (Å²) in [5.41, 5.74) is 0.184. The molecule has 2 saturated carbocycles. The maximum absolute atomic E-state index is 11.2. The molecule has 4 nitrogen and oxygen atoms in total. The summed E-state index contributed by atoms with van der Waals surface area (Å²) in [6, 6.07) is 0. The van der Waals surface area contributed by atoms with Crippen molar-refractivity contribution in [3.8, 4) is 0 Å². The summed E-state index contributed by atoms with van der Waals surface area (Å²) >= 11 is 0. The molecule has 0 radical (unpaired) electrons. The predicted octanol–water partition coefficient (Wildman–Crippen LogP) is 5.78. The van der Waals surface area contributed by atoms with Crippen LogP contribution in [0.25, 0.3) is 0 Å². The van der Waals surface area contributed by atoms with Gasteiger partial charge in [0.25, 0.3) is 0 Å². The minimum Gasteiger partial charge on any atom is -0.303 e. The van der Waals surface area contributed by atoms with E-state index in [0.717, 1.165) is 30.6 Å². The molecule has 25 heavy (non-hydrogen) atoms. The van der Waals surface area contributed by atoms with Crippen molar-refractivity contribution in [1.29, 1.82) is 0 Å². The summed E-state index contributed by atoms with van der Waals surface area (Å²) in [7, 11) is -4.39. The lowest BCUT2D eigenvalue weighted by molar-refractivity contribution is -0.0508. The van der Waals surface area contributed by atoms with E-state index in [9.17, 15) is 4.57 Å². The van der Waals surface area contributed by atoms with Gasteiger partial charge in [0.2, 0.25) is 0 Å². The van der Waals surface area contributed by atoms with Crippen LogP contribution in [0.15, 0.2) is 0 Å². The zero-order valence-corrected chi connectivity index (χ0v) is 17.7. The molecule has 0 amide bonds. The molecule has 2 aliphatic carbocycles.